The van der Waals surface area contributed by atoms with Gasteiger partial charge in [0.05, 0.1) is 70.6 Å². The number of hydrogen-bond acceptors (Lipinski definition) is 5. The van der Waals surface area contributed by atoms with Crippen LogP contribution in [0.25, 0.3) is 5.69 Å². The minimum Gasteiger partial charge on any atom is -0.493 e. The van der Waals surface area contributed by atoms with E-state index in [1.807, 2.05) is 26.8 Å². The molecule has 1 aromatic heterocycles. The molecular formula is C29H32B6ClN5O4. The fraction of sp³-hybridized carbons (Fsp3) is 0.414. The van der Waals surface area contributed by atoms with Gasteiger partial charge in [-0.3, -0.25) is 19.1 Å². The number of rotatable bonds is 14. The first kappa shape index (κ1) is 36.3. The minimum atomic E-state index is -1.98. The summed E-state index contributed by atoms with van der Waals surface area (Å²) >= 11 is 6.10. The molecule has 0 saturated carbocycles. The van der Waals surface area contributed by atoms with Crippen LogP contribution < -0.4 is 20.9 Å². The first-order valence-electron chi connectivity index (χ1n) is 14.2. The third-order valence-corrected chi connectivity index (χ3v) is 7.25. The standard InChI is InChI=1S/C29H32B6ClN5O4/c1-5-45-22-12-11-18(36)15-20(22)25(43)37-17-27(2,3)16-23(42)38-24-21(13-14-40(28(30,31)32)29(33,34)35)39(4)41(26(24)44)19-9-7-6-8-10-19/h6-12,15H,5,13-14,16-17H2,1-4H3,(H,37,43)(H,38,42). The summed E-state index contributed by atoms with van der Waals surface area (Å²) in [6, 6.07) is 13.7. The lowest BCUT2D eigenvalue weighted by molar-refractivity contribution is -0.118. The molecule has 0 spiro atoms. The number of carbonyl (C=O) groups excluding carboxylic acids is 2. The number of nitrogens with one attached hydrogen (secondary N) is 2. The summed E-state index contributed by atoms with van der Waals surface area (Å²) in [6.45, 7) is 5.88. The summed E-state index contributed by atoms with van der Waals surface area (Å²) in [7, 11) is 36.8. The van der Waals surface area contributed by atoms with Crippen molar-refractivity contribution in [2.75, 3.05) is 25.0 Å². The fourth-order valence-electron chi connectivity index (χ4n) is 4.92. The van der Waals surface area contributed by atoms with Crippen LogP contribution >= 0.6 is 11.6 Å². The average Bonchev–Trinajstić information content (AvgIpc) is 3.15. The van der Waals surface area contributed by atoms with Crippen molar-refractivity contribution in [2.45, 2.75) is 44.1 Å². The van der Waals surface area contributed by atoms with Crippen molar-refractivity contribution in [2.24, 2.45) is 12.5 Å². The number of nitrogens with zero attached hydrogens (tertiary/aromatic N) is 3. The van der Waals surface area contributed by atoms with E-state index in [0.29, 0.717) is 28.8 Å². The molecule has 0 aliphatic heterocycles. The van der Waals surface area contributed by atoms with Crippen LogP contribution in [0, 0.1) is 5.41 Å². The lowest BCUT2D eigenvalue weighted by atomic mass is 9.40. The number of amides is 2. The molecule has 0 saturated heterocycles. The zero-order valence-corrected chi connectivity index (χ0v) is 26.7. The number of benzene rings is 2. The van der Waals surface area contributed by atoms with Gasteiger partial charge in [-0.05, 0) is 42.7 Å². The van der Waals surface area contributed by atoms with Gasteiger partial charge in [0.15, 0.2) is 0 Å². The van der Waals surface area contributed by atoms with Crippen LogP contribution in [0.2, 0.25) is 5.02 Å². The second kappa shape index (κ2) is 14.5. The number of anilines is 1. The van der Waals surface area contributed by atoms with Crippen LogP contribution in [-0.2, 0) is 18.3 Å². The SMILES string of the molecule is [B]C([B])([B])N(CCc1c(NC(=O)CC(C)(C)CNC(=O)c2cc(Cl)ccc2OCC)c(=O)n(-c2ccccc2)n1C)C([B])([B])[B]. The Morgan fingerprint density at radius 1 is 1.00 bits per heavy atom. The Balaban J connectivity index is 1.85. The van der Waals surface area contributed by atoms with Crippen molar-refractivity contribution in [3.8, 4) is 11.4 Å². The highest BCUT2D eigenvalue weighted by Crippen LogP contribution is 2.26. The average molecular weight is 615 g/mol. The monoisotopic (exact) mass is 615 g/mol. The van der Waals surface area contributed by atoms with E-state index in [1.54, 1.807) is 48.1 Å². The van der Waals surface area contributed by atoms with Crippen molar-refractivity contribution in [3.05, 3.63) is 75.2 Å². The summed E-state index contributed by atoms with van der Waals surface area (Å²) < 4.78 is 8.55. The van der Waals surface area contributed by atoms with Crippen LogP contribution in [0.5, 0.6) is 5.75 Å². The minimum absolute atomic E-state index is 0.0275. The van der Waals surface area contributed by atoms with Gasteiger partial charge in [-0.1, -0.05) is 54.1 Å². The molecule has 9 nitrogen and oxygen atoms in total. The first-order valence-corrected chi connectivity index (χ1v) is 14.6. The van der Waals surface area contributed by atoms with E-state index in [0.717, 1.165) is 4.90 Å². The van der Waals surface area contributed by atoms with Gasteiger partial charge < -0.3 is 20.3 Å². The molecule has 222 valence electrons. The lowest BCUT2D eigenvalue weighted by Crippen LogP contribution is -2.64. The Bertz CT molecular complexity index is 1550. The molecule has 2 aromatic carbocycles. The van der Waals surface area contributed by atoms with Gasteiger partial charge in [-0.25, -0.2) is 4.68 Å². The van der Waals surface area contributed by atoms with Gasteiger partial charge >= 0.3 is 0 Å². The smallest absolute Gasteiger partial charge is 0.295 e. The molecule has 2 N–H and O–H groups in total. The topological polar surface area (TPSA) is 97.6 Å². The number of carbonyl (C=O) groups is 2. The molecule has 3 aromatic rings. The van der Waals surface area contributed by atoms with Crippen LogP contribution in [0.15, 0.2) is 53.3 Å². The van der Waals surface area contributed by atoms with E-state index >= 15 is 0 Å². The fourth-order valence-corrected chi connectivity index (χ4v) is 5.09. The zero-order chi connectivity index (χ0) is 33.7. The van der Waals surface area contributed by atoms with Gasteiger partial charge in [-0.2, -0.15) is 0 Å². The molecule has 0 bridgehead atoms. The summed E-state index contributed by atoms with van der Waals surface area (Å²) in [5.41, 5.74) is 0.0851. The summed E-state index contributed by atoms with van der Waals surface area (Å²) in [5.74, 6) is -0.460. The Labute approximate surface area is 277 Å². The maximum absolute atomic E-state index is 13.7. The van der Waals surface area contributed by atoms with E-state index in [4.69, 9.17) is 63.4 Å². The third kappa shape index (κ3) is 9.42. The molecule has 2 amide bonds. The highest BCUT2D eigenvalue weighted by atomic mass is 35.5. The zero-order valence-electron chi connectivity index (χ0n) is 26.0. The Hall–Kier alpha value is -3.17. The van der Waals surface area contributed by atoms with Crippen molar-refractivity contribution in [3.63, 3.8) is 0 Å². The Kier molecular flexibility index (Phi) is 11.7. The molecule has 45 heavy (non-hydrogen) atoms. The second-order valence-corrected chi connectivity index (χ2v) is 12.1. The Morgan fingerprint density at radius 3 is 2.20 bits per heavy atom. The number of aromatic nitrogens is 2. The summed E-state index contributed by atoms with van der Waals surface area (Å²) in [4.78, 5) is 41.2. The van der Waals surface area contributed by atoms with Crippen molar-refractivity contribution in [1.82, 2.24) is 19.6 Å². The third-order valence-electron chi connectivity index (χ3n) is 7.01. The predicted molar refractivity (Wildman–Crippen MR) is 183 cm³/mol. The van der Waals surface area contributed by atoms with Crippen molar-refractivity contribution in [1.29, 1.82) is 0 Å². The first-order chi connectivity index (χ1) is 20.9. The summed E-state index contributed by atoms with van der Waals surface area (Å²) in [5, 5.41) is 2.04. The molecular weight excluding hydrogens is 583 g/mol. The summed E-state index contributed by atoms with van der Waals surface area (Å²) in [6.07, 6.45) is 0.0323. The molecule has 3 rings (SSSR count). The largest absolute Gasteiger partial charge is 0.493 e. The predicted octanol–water partition coefficient (Wildman–Crippen LogP) is 1.09. The normalized spacial score (nSPS) is 12.2. The highest BCUT2D eigenvalue weighted by molar-refractivity contribution is 6.63. The number of hydrogen-bond donors (Lipinski definition) is 2. The molecule has 1 heterocycles. The number of ether oxygens (including phenoxy) is 1. The van der Waals surface area contributed by atoms with Gasteiger partial charge in [0.1, 0.15) is 11.4 Å². The number of halogens is 1. The van der Waals surface area contributed by atoms with Gasteiger partial charge in [-0.15, -0.1) is 0 Å². The highest BCUT2D eigenvalue weighted by Gasteiger charge is 2.31. The van der Waals surface area contributed by atoms with Crippen LogP contribution in [0.3, 0.4) is 0 Å². The molecule has 12 radical (unpaired) electrons. The van der Waals surface area contributed by atoms with Crippen LogP contribution in [0.1, 0.15) is 43.2 Å². The molecule has 0 aliphatic carbocycles. The number of para-hydroxylation sites is 1. The molecule has 0 fully saturated rings. The van der Waals surface area contributed by atoms with Gasteiger partial charge in [0.2, 0.25) is 5.91 Å². The van der Waals surface area contributed by atoms with Crippen LogP contribution in [-0.4, -0.2) is 103 Å². The van der Waals surface area contributed by atoms with E-state index in [2.05, 4.69) is 10.6 Å². The van der Waals surface area contributed by atoms with Crippen molar-refractivity contribution >= 4 is 76.2 Å². The van der Waals surface area contributed by atoms with E-state index in [1.165, 1.54) is 10.7 Å². The van der Waals surface area contributed by atoms with Crippen molar-refractivity contribution < 1.29 is 14.3 Å². The molecule has 0 aliphatic rings. The maximum Gasteiger partial charge on any atom is 0.295 e. The second-order valence-electron chi connectivity index (χ2n) is 11.6. The van der Waals surface area contributed by atoms with Crippen LogP contribution in [0.4, 0.5) is 5.69 Å². The molecule has 0 unspecified atom stereocenters. The van der Waals surface area contributed by atoms with Gasteiger partial charge in [0.25, 0.3) is 11.5 Å². The maximum atomic E-state index is 13.7. The molecule has 0 atom stereocenters. The lowest BCUT2D eigenvalue weighted by Gasteiger charge is -2.48. The van der Waals surface area contributed by atoms with E-state index < -0.39 is 33.3 Å². The Morgan fingerprint density at radius 2 is 1.62 bits per heavy atom. The van der Waals surface area contributed by atoms with Gasteiger partial charge in [0, 0.05) is 38.0 Å². The quantitative estimate of drug-likeness (QED) is 0.265. The molecule has 16 heteroatoms. The van der Waals surface area contributed by atoms with E-state index in [9.17, 15) is 14.4 Å². The van der Waals surface area contributed by atoms with E-state index in [-0.39, 0.29) is 37.2 Å².